The van der Waals surface area contributed by atoms with Crippen molar-refractivity contribution in [3.05, 3.63) is 71.3 Å². The smallest absolute Gasteiger partial charge is 0.253 e. The van der Waals surface area contributed by atoms with Crippen LogP contribution in [0.3, 0.4) is 0 Å². The lowest BCUT2D eigenvalue weighted by atomic mass is 9.89. The molecule has 0 atom stereocenters. The van der Waals surface area contributed by atoms with E-state index in [1.807, 2.05) is 31.3 Å². The minimum absolute atomic E-state index is 0.0305. The number of amides is 1. The second-order valence-electron chi connectivity index (χ2n) is 9.76. The van der Waals surface area contributed by atoms with Gasteiger partial charge in [0.15, 0.2) is 11.5 Å². The van der Waals surface area contributed by atoms with E-state index in [2.05, 4.69) is 42.6 Å². The topological polar surface area (TPSA) is 117 Å². The van der Waals surface area contributed by atoms with Crippen LogP contribution in [0, 0.1) is 11.3 Å². The third-order valence-electron chi connectivity index (χ3n) is 7.22. The Morgan fingerprint density at radius 1 is 1.16 bits per heavy atom. The van der Waals surface area contributed by atoms with Crippen LogP contribution in [0.5, 0.6) is 0 Å². The van der Waals surface area contributed by atoms with Gasteiger partial charge < -0.3 is 15.2 Å². The number of aromatic nitrogens is 4. The summed E-state index contributed by atoms with van der Waals surface area (Å²) in [5, 5.41) is 10.3. The predicted molar refractivity (Wildman–Crippen MR) is 143 cm³/mol. The highest BCUT2D eigenvalue weighted by Gasteiger charge is 2.23. The first-order valence-electron chi connectivity index (χ1n) is 12.4. The number of likely N-dealkylation sites (tertiary alicyclic amines) is 1. The predicted octanol–water partition coefficient (Wildman–Crippen LogP) is 3.57. The summed E-state index contributed by atoms with van der Waals surface area (Å²) in [5.74, 6) is 0.661. The molecular formula is C28H30N8O. The molecule has 0 aliphatic carbocycles. The molecule has 2 N–H and O–H groups in total. The Bertz CT molecular complexity index is 1490. The number of rotatable bonds is 5. The molecule has 5 rings (SSSR count). The third-order valence-corrected chi connectivity index (χ3v) is 7.22. The molecule has 37 heavy (non-hydrogen) atoms. The van der Waals surface area contributed by atoms with E-state index < -0.39 is 0 Å². The third kappa shape index (κ3) is 4.76. The number of nitrogens with zero attached hydrogens (tertiary/aromatic N) is 7. The van der Waals surface area contributed by atoms with Gasteiger partial charge in [0.2, 0.25) is 0 Å². The Labute approximate surface area is 216 Å². The normalized spacial score (nSPS) is 14.5. The summed E-state index contributed by atoms with van der Waals surface area (Å²) in [7, 11) is 5.58. The molecule has 1 aliphatic heterocycles. The fraction of sp³-hybridized carbons (Fsp3) is 0.321. The standard InChI is InChI=1S/C28H30N8O/c1-34(2)28(37)20-6-4-18(5-7-20)19-9-12-36(13-10-19)17-21-14-23-22(8-11-31-27(23)35(21)3)25-16-32-26(30)24(15-29)33-25/h4-8,11,14,16,19H,9-10,12-13,17H2,1-3H3,(H2,30,32). The molecule has 4 aromatic rings. The fourth-order valence-corrected chi connectivity index (χ4v) is 5.07. The highest BCUT2D eigenvalue weighted by molar-refractivity contribution is 5.94. The van der Waals surface area contributed by atoms with E-state index in [9.17, 15) is 10.1 Å². The van der Waals surface area contributed by atoms with Crippen LogP contribution in [0.4, 0.5) is 5.82 Å². The van der Waals surface area contributed by atoms with E-state index in [4.69, 9.17) is 5.73 Å². The second-order valence-corrected chi connectivity index (χ2v) is 9.76. The largest absolute Gasteiger partial charge is 0.381 e. The molecule has 188 valence electrons. The van der Waals surface area contributed by atoms with E-state index in [0.29, 0.717) is 11.6 Å². The average Bonchev–Trinajstić information content (AvgIpc) is 3.24. The minimum Gasteiger partial charge on any atom is -0.381 e. The number of carbonyl (C=O) groups excluding carboxylic acids is 1. The van der Waals surface area contributed by atoms with Crippen LogP contribution in [0.25, 0.3) is 22.3 Å². The van der Waals surface area contributed by atoms with Crippen LogP contribution >= 0.6 is 0 Å². The van der Waals surface area contributed by atoms with Crippen molar-refractivity contribution in [3.8, 4) is 17.3 Å². The van der Waals surface area contributed by atoms with Crippen LogP contribution < -0.4 is 5.73 Å². The summed E-state index contributed by atoms with van der Waals surface area (Å²) >= 11 is 0. The van der Waals surface area contributed by atoms with Gasteiger partial charge in [-0.1, -0.05) is 12.1 Å². The first-order valence-corrected chi connectivity index (χ1v) is 12.4. The van der Waals surface area contributed by atoms with Gasteiger partial charge in [-0.15, -0.1) is 0 Å². The molecule has 4 heterocycles. The number of carbonyl (C=O) groups is 1. The van der Waals surface area contributed by atoms with Gasteiger partial charge in [-0.2, -0.15) is 5.26 Å². The second kappa shape index (κ2) is 9.99. The van der Waals surface area contributed by atoms with Gasteiger partial charge >= 0.3 is 0 Å². The number of aryl methyl sites for hydroxylation is 1. The number of hydrogen-bond acceptors (Lipinski definition) is 7. The summed E-state index contributed by atoms with van der Waals surface area (Å²) in [4.78, 5) is 29.4. The number of piperidine rings is 1. The van der Waals surface area contributed by atoms with Gasteiger partial charge in [0, 0.05) is 56.1 Å². The lowest BCUT2D eigenvalue weighted by molar-refractivity contribution is 0.0827. The molecule has 0 unspecified atom stereocenters. The van der Waals surface area contributed by atoms with Gasteiger partial charge in [-0.05, 0) is 61.7 Å². The molecule has 1 saturated heterocycles. The SMILES string of the molecule is CN(C)C(=O)c1ccc(C2CCN(Cc3cc4c(-c5cnc(N)c(C#N)n5)ccnc4n3C)CC2)cc1. The Morgan fingerprint density at radius 3 is 2.57 bits per heavy atom. The number of hydrogen-bond donors (Lipinski definition) is 1. The monoisotopic (exact) mass is 494 g/mol. The van der Waals surface area contributed by atoms with Crippen molar-refractivity contribution >= 4 is 22.8 Å². The van der Waals surface area contributed by atoms with Crippen LogP contribution in [-0.2, 0) is 13.6 Å². The molecule has 9 nitrogen and oxygen atoms in total. The molecule has 0 radical (unpaired) electrons. The first kappa shape index (κ1) is 24.4. The molecule has 3 aromatic heterocycles. The molecule has 9 heteroatoms. The number of fused-ring (bicyclic) bond motifs is 1. The molecule has 0 bridgehead atoms. The Morgan fingerprint density at radius 2 is 1.89 bits per heavy atom. The molecule has 0 saturated carbocycles. The quantitative estimate of drug-likeness (QED) is 0.451. The highest BCUT2D eigenvalue weighted by Crippen LogP contribution is 2.32. The average molecular weight is 495 g/mol. The van der Waals surface area contributed by atoms with Crippen molar-refractivity contribution in [2.45, 2.75) is 25.3 Å². The van der Waals surface area contributed by atoms with Gasteiger partial charge in [-0.25, -0.2) is 15.0 Å². The maximum absolute atomic E-state index is 12.2. The number of anilines is 1. The van der Waals surface area contributed by atoms with Crippen LogP contribution in [-0.4, -0.2) is 62.4 Å². The van der Waals surface area contributed by atoms with Crippen LogP contribution in [0.1, 0.15) is 46.1 Å². The number of nitrogen functional groups attached to an aromatic ring is 1. The Hall–Kier alpha value is -4.29. The molecule has 1 fully saturated rings. The summed E-state index contributed by atoms with van der Waals surface area (Å²) in [6.07, 6.45) is 5.51. The minimum atomic E-state index is 0.0305. The van der Waals surface area contributed by atoms with Crippen LogP contribution in [0.15, 0.2) is 48.8 Å². The van der Waals surface area contributed by atoms with Gasteiger partial charge in [-0.3, -0.25) is 9.69 Å². The summed E-state index contributed by atoms with van der Waals surface area (Å²) in [6, 6.07) is 14.2. The van der Waals surface area contributed by atoms with E-state index in [-0.39, 0.29) is 17.4 Å². The van der Waals surface area contributed by atoms with Crippen molar-refractivity contribution in [3.63, 3.8) is 0 Å². The maximum Gasteiger partial charge on any atom is 0.253 e. The van der Waals surface area contributed by atoms with Crippen molar-refractivity contribution < 1.29 is 4.79 Å². The van der Waals surface area contributed by atoms with Crippen molar-refractivity contribution in [1.82, 2.24) is 29.3 Å². The first-order chi connectivity index (χ1) is 17.9. The number of pyridine rings is 1. The number of nitriles is 1. The number of nitrogens with two attached hydrogens (primary N) is 1. The Kier molecular flexibility index (Phi) is 6.59. The van der Waals surface area contributed by atoms with Gasteiger partial charge in [0.05, 0.1) is 11.9 Å². The molecule has 0 spiro atoms. The van der Waals surface area contributed by atoms with E-state index >= 15 is 0 Å². The lowest BCUT2D eigenvalue weighted by Gasteiger charge is -2.32. The van der Waals surface area contributed by atoms with Crippen molar-refractivity contribution in [2.75, 3.05) is 32.9 Å². The maximum atomic E-state index is 12.2. The molecular weight excluding hydrogens is 464 g/mol. The van der Waals surface area contributed by atoms with E-state index in [1.165, 1.54) is 11.3 Å². The zero-order valence-corrected chi connectivity index (χ0v) is 21.3. The van der Waals surface area contributed by atoms with E-state index in [1.54, 1.807) is 31.4 Å². The summed E-state index contributed by atoms with van der Waals surface area (Å²) < 4.78 is 2.13. The lowest BCUT2D eigenvalue weighted by Crippen LogP contribution is -2.33. The van der Waals surface area contributed by atoms with Crippen molar-refractivity contribution in [1.29, 1.82) is 5.26 Å². The zero-order chi connectivity index (χ0) is 26.1. The number of benzene rings is 1. The van der Waals surface area contributed by atoms with E-state index in [0.717, 1.165) is 54.6 Å². The molecule has 1 aromatic carbocycles. The highest BCUT2D eigenvalue weighted by atomic mass is 16.2. The Balaban J connectivity index is 1.30. The molecule has 1 aliphatic rings. The van der Waals surface area contributed by atoms with Gasteiger partial charge in [0.25, 0.3) is 5.91 Å². The van der Waals surface area contributed by atoms with Crippen LogP contribution in [0.2, 0.25) is 0 Å². The fourth-order valence-electron chi connectivity index (χ4n) is 5.07. The molecule has 1 amide bonds. The van der Waals surface area contributed by atoms with Gasteiger partial charge in [0.1, 0.15) is 11.7 Å². The zero-order valence-electron chi connectivity index (χ0n) is 21.3. The van der Waals surface area contributed by atoms with Crippen molar-refractivity contribution in [2.24, 2.45) is 7.05 Å². The summed E-state index contributed by atoms with van der Waals surface area (Å²) in [5.41, 5.74) is 11.4. The summed E-state index contributed by atoms with van der Waals surface area (Å²) in [6.45, 7) is 2.83.